The van der Waals surface area contributed by atoms with E-state index in [9.17, 15) is 4.39 Å². The summed E-state index contributed by atoms with van der Waals surface area (Å²) in [6.45, 7) is 2.91. The van der Waals surface area contributed by atoms with Gasteiger partial charge >= 0.3 is 0 Å². The number of nitrogens with one attached hydrogen (secondary N) is 1. The van der Waals surface area contributed by atoms with E-state index in [2.05, 4.69) is 11.4 Å². The van der Waals surface area contributed by atoms with Gasteiger partial charge in [-0.1, -0.05) is 19.1 Å². The highest BCUT2D eigenvalue weighted by Gasteiger charge is 2.08. The Morgan fingerprint density at radius 1 is 1.50 bits per heavy atom. The number of halogens is 1. The van der Waals surface area contributed by atoms with Crippen molar-refractivity contribution < 1.29 is 9.13 Å². The molecule has 86 valence electrons. The molecule has 0 heterocycles. The molecule has 0 aliphatic carbocycles. The Bertz CT molecular complexity index is 362. The maximum atomic E-state index is 13.2. The van der Waals surface area contributed by atoms with E-state index in [1.54, 1.807) is 18.2 Å². The Morgan fingerprint density at radius 3 is 2.88 bits per heavy atom. The van der Waals surface area contributed by atoms with Gasteiger partial charge in [-0.3, -0.25) is 5.32 Å². The van der Waals surface area contributed by atoms with Gasteiger partial charge in [-0.05, 0) is 25.1 Å². The van der Waals surface area contributed by atoms with Crippen LogP contribution in [0.4, 0.5) is 4.39 Å². The number of hydrogen-bond donors (Lipinski definition) is 1. The van der Waals surface area contributed by atoms with Crippen molar-refractivity contribution in [3.05, 3.63) is 30.1 Å². The minimum absolute atomic E-state index is 0.150. The second kappa shape index (κ2) is 6.81. The maximum absolute atomic E-state index is 13.2. The van der Waals surface area contributed by atoms with E-state index in [1.807, 2.05) is 6.92 Å². The Labute approximate surface area is 94.8 Å². The van der Waals surface area contributed by atoms with Crippen molar-refractivity contribution in [1.29, 1.82) is 5.26 Å². The number of nitrogens with zero attached hydrogens (tertiary/aromatic N) is 1. The Hall–Kier alpha value is -1.60. The van der Waals surface area contributed by atoms with Crippen molar-refractivity contribution >= 4 is 0 Å². The first-order chi connectivity index (χ1) is 7.77. The molecule has 0 aliphatic heterocycles. The molecule has 1 unspecified atom stereocenters. The average molecular weight is 222 g/mol. The van der Waals surface area contributed by atoms with Crippen LogP contribution in [0.25, 0.3) is 0 Å². The molecule has 16 heavy (non-hydrogen) atoms. The van der Waals surface area contributed by atoms with E-state index in [0.717, 1.165) is 13.0 Å². The summed E-state index contributed by atoms with van der Waals surface area (Å²) in [5.74, 6) is -0.226. The summed E-state index contributed by atoms with van der Waals surface area (Å²) >= 11 is 0. The molecule has 1 aromatic carbocycles. The fraction of sp³-hybridized carbons (Fsp3) is 0.417. The number of benzene rings is 1. The van der Waals surface area contributed by atoms with Gasteiger partial charge in [0.1, 0.15) is 12.6 Å². The highest BCUT2D eigenvalue weighted by Crippen LogP contribution is 2.15. The maximum Gasteiger partial charge on any atom is 0.165 e. The summed E-state index contributed by atoms with van der Waals surface area (Å²) in [5, 5.41) is 11.8. The second-order valence-corrected chi connectivity index (χ2v) is 3.38. The normalized spacial score (nSPS) is 11.8. The van der Waals surface area contributed by atoms with Gasteiger partial charge in [-0.2, -0.15) is 5.26 Å². The molecule has 0 spiro atoms. The number of para-hydroxylation sites is 1. The molecule has 1 aromatic rings. The lowest BCUT2D eigenvalue weighted by atomic mass is 10.3. The minimum atomic E-state index is -0.408. The van der Waals surface area contributed by atoms with Crippen molar-refractivity contribution in [2.24, 2.45) is 0 Å². The van der Waals surface area contributed by atoms with Crippen LogP contribution < -0.4 is 10.1 Å². The lowest BCUT2D eigenvalue weighted by Gasteiger charge is -2.12. The van der Waals surface area contributed by atoms with Crippen LogP contribution in [0.5, 0.6) is 5.75 Å². The molecule has 1 atom stereocenters. The highest BCUT2D eigenvalue weighted by molar-refractivity contribution is 5.23. The summed E-state index contributed by atoms with van der Waals surface area (Å²) in [5.41, 5.74) is 0. The predicted molar refractivity (Wildman–Crippen MR) is 59.6 cm³/mol. The fourth-order valence-corrected chi connectivity index (χ4v) is 1.20. The van der Waals surface area contributed by atoms with Crippen LogP contribution in [-0.2, 0) is 0 Å². The number of ether oxygens (including phenoxy) is 1. The molecular weight excluding hydrogens is 207 g/mol. The van der Waals surface area contributed by atoms with Gasteiger partial charge in [0.25, 0.3) is 0 Å². The largest absolute Gasteiger partial charge is 0.488 e. The van der Waals surface area contributed by atoms with Gasteiger partial charge in [0.15, 0.2) is 11.6 Å². The zero-order valence-electron chi connectivity index (χ0n) is 9.24. The van der Waals surface area contributed by atoms with Gasteiger partial charge in [-0.15, -0.1) is 0 Å². The van der Waals surface area contributed by atoms with Crippen molar-refractivity contribution in [3.63, 3.8) is 0 Å². The second-order valence-electron chi connectivity index (χ2n) is 3.38. The lowest BCUT2D eigenvalue weighted by molar-refractivity contribution is 0.276. The number of rotatable bonds is 6. The van der Waals surface area contributed by atoms with Crippen LogP contribution >= 0.6 is 0 Å². The van der Waals surface area contributed by atoms with E-state index < -0.39 is 11.9 Å². The monoisotopic (exact) mass is 222 g/mol. The molecule has 0 radical (unpaired) electrons. The smallest absolute Gasteiger partial charge is 0.165 e. The lowest BCUT2D eigenvalue weighted by Crippen LogP contribution is -2.33. The van der Waals surface area contributed by atoms with Crippen LogP contribution in [0.15, 0.2) is 24.3 Å². The number of hydrogen-bond acceptors (Lipinski definition) is 3. The standard InChI is InChI=1S/C12H15FN2O/c1-2-7-15-10(8-14)9-16-12-6-4-3-5-11(12)13/h3-6,10,15H,2,7,9H2,1H3. The first kappa shape index (κ1) is 12.5. The van der Waals surface area contributed by atoms with Crippen LogP contribution in [-0.4, -0.2) is 19.2 Å². The van der Waals surface area contributed by atoms with Crippen LogP contribution in [0.2, 0.25) is 0 Å². The zero-order valence-corrected chi connectivity index (χ0v) is 9.24. The summed E-state index contributed by atoms with van der Waals surface area (Å²) in [6.07, 6.45) is 0.942. The average Bonchev–Trinajstić information content (AvgIpc) is 2.31. The third-order valence-corrected chi connectivity index (χ3v) is 2.04. The molecule has 0 saturated carbocycles. The molecule has 1 N–H and O–H groups in total. The quantitative estimate of drug-likeness (QED) is 0.801. The molecule has 0 aliphatic rings. The Morgan fingerprint density at radius 2 is 2.25 bits per heavy atom. The summed E-state index contributed by atoms with van der Waals surface area (Å²) in [4.78, 5) is 0. The summed E-state index contributed by atoms with van der Waals surface area (Å²) in [7, 11) is 0. The first-order valence-corrected chi connectivity index (χ1v) is 5.28. The molecule has 0 bridgehead atoms. The molecule has 4 heteroatoms. The van der Waals surface area contributed by atoms with Gasteiger partial charge < -0.3 is 4.74 Å². The van der Waals surface area contributed by atoms with Crippen molar-refractivity contribution in [2.75, 3.05) is 13.2 Å². The molecule has 3 nitrogen and oxygen atoms in total. The van der Waals surface area contributed by atoms with Gasteiger partial charge in [0.2, 0.25) is 0 Å². The van der Waals surface area contributed by atoms with E-state index in [0.29, 0.717) is 0 Å². The number of nitriles is 1. The van der Waals surface area contributed by atoms with Gasteiger partial charge in [0.05, 0.1) is 6.07 Å². The third-order valence-electron chi connectivity index (χ3n) is 2.04. The van der Waals surface area contributed by atoms with Gasteiger partial charge in [0, 0.05) is 0 Å². The van der Waals surface area contributed by atoms with Gasteiger partial charge in [-0.25, -0.2) is 4.39 Å². The molecule has 0 aromatic heterocycles. The Kier molecular flexibility index (Phi) is 5.30. The van der Waals surface area contributed by atoms with Crippen LogP contribution in [0, 0.1) is 17.1 Å². The molecule has 1 rings (SSSR count). The van der Waals surface area contributed by atoms with E-state index in [4.69, 9.17) is 10.00 Å². The van der Waals surface area contributed by atoms with Crippen molar-refractivity contribution in [3.8, 4) is 11.8 Å². The Balaban J connectivity index is 2.44. The SMILES string of the molecule is CCCNC(C#N)COc1ccccc1F. The predicted octanol–water partition coefficient (Wildman–Crippen LogP) is 2.10. The van der Waals surface area contributed by atoms with E-state index >= 15 is 0 Å². The zero-order chi connectivity index (χ0) is 11.8. The summed E-state index contributed by atoms with van der Waals surface area (Å²) in [6, 6.07) is 7.83. The van der Waals surface area contributed by atoms with E-state index in [-0.39, 0.29) is 12.4 Å². The molecule has 0 saturated heterocycles. The highest BCUT2D eigenvalue weighted by atomic mass is 19.1. The van der Waals surface area contributed by atoms with Crippen molar-refractivity contribution in [2.45, 2.75) is 19.4 Å². The minimum Gasteiger partial charge on any atom is -0.488 e. The fourth-order valence-electron chi connectivity index (χ4n) is 1.20. The van der Waals surface area contributed by atoms with Crippen LogP contribution in [0.3, 0.4) is 0 Å². The van der Waals surface area contributed by atoms with Crippen LogP contribution in [0.1, 0.15) is 13.3 Å². The third kappa shape index (κ3) is 3.87. The first-order valence-electron chi connectivity index (χ1n) is 5.28. The topological polar surface area (TPSA) is 45.0 Å². The molecule has 0 amide bonds. The van der Waals surface area contributed by atoms with Crippen molar-refractivity contribution in [1.82, 2.24) is 5.32 Å². The summed E-state index contributed by atoms with van der Waals surface area (Å²) < 4.78 is 18.4. The molecule has 0 fully saturated rings. The molecular formula is C12H15FN2O. The van der Waals surface area contributed by atoms with E-state index in [1.165, 1.54) is 6.07 Å².